The van der Waals surface area contributed by atoms with E-state index < -0.39 is 106 Å². The van der Waals surface area contributed by atoms with E-state index in [2.05, 4.69) is 4.74 Å². The van der Waals surface area contributed by atoms with Gasteiger partial charge < -0.3 is 28.2 Å². The van der Waals surface area contributed by atoms with Crippen molar-refractivity contribution in [1.29, 1.82) is 0 Å². The van der Waals surface area contributed by atoms with E-state index in [9.17, 15) is 49.7 Å². The van der Waals surface area contributed by atoms with Crippen LogP contribution in [-0.2, 0) is 48.2 Å². The number of hydrogen-bond acceptors (Lipinski definition) is 12. The molecule has 0 atom stereocenters. The molecule has 12 rings (SSSR count). The Kier molecular flexibility index (Phi) is 12.3. The van der Waals surface area contributed by atoms with Crippen LogP contribution in [0.5, 0.6) is 0 Å². The van der Waals surface area contributed by atoms with Crippen molar-refractivity contribution in [2.45, 2.75) is 133 Å². The van der Waals surface area contributed by atoms with Crippen molar-refractivity contribution in [3.05, 3.63) is 0 Å². The summed E-state index contributed by atoms with van der Waals surface area (Å²) >= 11 is 0. The number of hydrogen-bond donors (Lipinski definition) is 0. The maximum atomic E-state index is 14.2. The zero-order valence-corrected chi connectivity index (χ0v) is 37.8. The molecule has 0 aromatic rings. The quantitative estimate of drug-likeness (QED) is 0.0696. The Morgan fingerprint density at radius 2 is 0.754 bits per heavy atom. The van der Waals surface area contributed by atoms with E-state index in [-0.39, 0.29) is 29.6 Å². The third-order valence-electron chi connectivity index (χ3n) is 16.8. The van der Waals surface area contributed by atoms with Crippen LogP contribution in [0.15, 0.2) is 0 Å². The molecular formula is C43H57F4NaO12S. The van der Waals surface area contributed by atoms with Crippen molar-refractivity contribution in [2.75, 3.05) is 33.0 Å². The molecule has 12 saturated carbocycles. The minimum atomic E-state index is -6.75. The fourth-order valence-electron chi connectivity index (χ4n) is 15.3. The first-order valence-corrected chi connectivity index (χ1v) is 23.6. The summed E-state index contributed by atoms with van der Waals surface area (Å²) in [5.74, 6) is -2.94. The average Bonchev–Trinajstić information content (AvgIpc) is 3.14. The van der Waals surface area contributed by atoms with Crippen LogP contribution in [0.3, 0.4) is 0 Å². The first kappa shape index (κ1) is 45.9. The second-order valence-corrected chi connectivity index (χ2v) is 23.1. The minimum absolute atomic E-state index is 0. The molecule has 0 unspecified atom stereocenters. The molecule has 0 aromatic heterocycles. The van der Waals surface area contributed by atoms with Gasteiger partial charge in [0.05, 0.1) is 22.7 Å². The Morgan fingerprint density at radius 1 is 0.492 bits per heavy atom. The summed E-state index contributed by atoms with van der Waals surface area (Å²) in [5.41, 5.74) is -3.77. The summed E-state index contributed by atoms with van der Waals surface area (Å²) in [4.78, 5) is 55.7. The van der Waals surface area contributed by atoms with Gasteiger partial charge in [0.25, 0.3) is 0 Å². The molecule has 0 amide bonds. The smallest absolute Gasteiger partial charge is 0.743 e. The zero-order chi connectivity index (χ0) is 42.5. The predicted molar refractivity (Wildman–Crippen MR) is 199 cm³/mol. The summed E-state index contributed by atoms with van der Waals surface area (Å²) in [7, 11) is -6.75. The molecule has 0 saturated heterocycles. The Balaban J connectivity index is 0.00000514. The van der Waals surface area contributed by atoms with Gasteiger partial charge in [-0.2, -0.15) is 17.6 Å². The van der Waals surface area contributed by atoms with E-state index in [1.807, 2.05) is 0 Å². The molecule has 336 valence electrons. The van der Waals surface area contributed by atoms with Crippen molar-refractivity contribution in [2.24, 2.45) is 74.9 Å². The SMILES string of the molecule is O=C(OCCC(F)(F)C(F)(F)S(=O)(=O)[O-])OCC(COC(=O)C12CC3CC(CC(C3)C1)C2)(COC(=O)C12CC3CC(CC(C3)C1)C2)COC(=O)C12CC3CC(CC(C3)C1)C2.[Na+]. The van der Waals surface area contributed by atoms with E-state index in [4.69, 9.17) is 18.9 Å². The Bertz CT molecular complexity index is 1600. The Hall–Kier alpha value is -1.69. The van der Waals surface area contributed by atoms with Crippen LogP contribution in [0.25, 0.3) is 0 Å². The number of carbonyl (C=O) groups is 4. The van der Waals surface area contributed by atoms with Crippen molar-refractivity contribution >= 4 is 34.2 Å². The molecule has 18 heteroatoms. The van der Waals surface area contributed by atoms with Gasteiger partial charge in [-0.1, -0.05) is 0 Å². The zero-order valence-electron chi connectivity index (χ0n) is 35.0. The van der Waals surface area contributed by atoms with Crippen molar-refractivity contribution in [3.63, 3.8) is 0 Å². The van der Waals surface area contributed by atoms with Crippen molar-refractivity contribution in [1.82, 2.24) is 0 Å². The topological polar surface area (TPSA) is 172 Å². The maximum absolute atomic E-state index is 14.2. The third-order valence-corrected chi connectivity index (χ3v) is 17.7. The van der Waals surface area contributed by atoms with Crippen LogP contribution >= 0.6 is 0 Å². The van der Waals surface area contributed by atoms with E-state index in [1.54, 1.807) is 0 Å². The molecule has 12 aliphatic carbocycles. The minimum Gasteiger partial charge on any atom is -0.743 e. The van der Waals surface area contributed by atoms with Crippen LogP contribution in [0, 0.1) is 74.9 Å². The van der Waals surface area contributed by atoms with Gasteiger partial charge in [-0.3, -0.25) is 14.4 Å². The molecule has 0 radical (unpaired) electrons. The number of ether oxygens (including phenoxy) is 5. The largest absolute Gasteiger partial charge is 1.00 e. The first-order valence-electron chi connectivity index (χ1n) is 22.2. The number of rotatable bonds is 16. The fourth-order valence-corrected chi connectivity index (χ4v) is 15.8. The van der Waals surface area contributed by atoms with Crippen LogP contribution in [-0.4, -0.2) is 81.2 Å². The number of alkyl halides is 4. The Labute approximate surface area is 376 Å². The van der Waals surface area contributed by atoms with Crippen LogP contribution in [0.2, 0.25) is 0 Å². The van der Waals surface area contributed by atoms with Gasteiger partial charge in [-0.15, -0.1) is 0 Å². The van der Waals surface area contributed by atoms with Gasteiger partial charge in [0, 0.05) is 0 Å². The molecular weight excluding hydrogens is 840 g/mol. The predicted octanol–water partition coefficient (Wildman–Crippen LogP) is 4.57. The van der Waals surface area contributed by atoms with Crippen molar-refractivity contribution < 1.29 is 103 Å². The van der Waals surface area contributed by atoms with Crippen LogP contribution < -0.4 is 29.6 Å². The van der Waals surface area contributed by atoms with Gasteiger partial charge in [0.1, 0.15) is 38.4 Å². The van der Waals surface area contributed by atoms with E-state index in [1.165, 1.54) is 0 Å². The van der Waals surface area contributed by atoms with E-state index >= 15 is 0 Å². The molecule has 12 fully saturated rings. The Morgan fingerprint density at radius 3 is 1.02 bits per heavy atom. The number of esters is 3. The summed E-state index contributed by atoms with van der Waals surface area (Å²) in [5, 5.41) is -5.97. The van der Waals surface area contributed by atoms with Gasteiger partial charge in [0.2, 0.25) is 0 Å². The first-order chi connectivity index (χ1) is 28.2. The molecule has 12 aliphatic rings. The van der Waals surface area contributed by atoms with E-state index in [0.717, 1.165) is 57.8 Å². The summed E-state index contributed by atoms with van der Waals surface area (Å²) in [6.07, 6.45) is 12.2. The second kappa shape index (κ2) is 16.3. The molecule has 12 nitrogen and oxygen atoms in total. The van der Waals surface area contributed by atoms with E-state index in [0.29, 0.717) is 111 Å². The van der Waals surface area contributed by atoms with Gasteiger partial charge in [-0.05, 0) is 169 Å². The van der Waals surface area contributed by atoms with Crippen LogP contribution in [0.1, 0.15) is 122 Å². The summed E-state index contributed by atoms with van der Waals surface area (Å²) in [6.45, 7) is -3.67. The molecule has 0 aliphatic heterocycles. The monoisotopic (exact) mass is 896 g/mol. The van der Waals surface area contributed by atoms with Crippen LogP contribution in [0.4, 0.5) is 22.4 Å². The molecule has 0 heterocycles. The molecule has 0 aromatic carbocycles. The standard InChI is InChI=1S/C43H58F4O12S.Na/c44-42(45,43(46,47)60(52,53)54)1-2-55-37(51)59-24-38(21-56-34(48)39-12-25-3-26(13-39)5-27(4-25)14-39,22-57-35(49)40-15-28-6-29(16-40)8-30(7-28)17-40)23-58-36(50)41-18-31-9-32(19-41)11-33(10-31)20-41;/h25-33H,1-24H2,(H,52,53,54);/q;+1/p-1. The summed E-state index contributed by atoms with van der Waals surface area (Å²) < 4.78 is 117. The molecule has 0 spiro atoms. The number of halogens is 4. The van der Waals surface area contributed by atoms with Gasteiger partial charge in [0.15, 0.2) is 10.1 Å². The fraction of sp³-hybridized carbons (Fsp3) is 0.907. The summed E-state index contributed by atoms with van der Waals surface area (Å²) in [6, 6.07) is 0. The maximum Gasteiger partial charge on any atom is 1.00 e. The van der Waals surface area contributed by atoms with Crippen molar-refractivity contribution in [3.8, 4) is 0 Å². The molecule has 61 heavy (non-hydrogen) atoms. The normalized spacial score (nSPS) is 39.9. The van der Waals surface area contributed by atoms with Gasteiger partial charge >= 0.3 is 64.8 Å². The van der Waals surface area contributed by atoms with Gasteiger partial charge in [-0.25, -0.2) is 13.2 Å². The number of carbonyl (C=O) groups excluding carboxylic acids is 4. The average molecular weight is 897 g/mol. The molecule has 0 N–H and O–H groups in total. The second-order valence-electron chi connectivity index (χ2n) is 21.6. The molecule has 12 bridgehead atoms. The third kappa shape index (κ3) is 8.64.